The predicted octanol–water partition coefficient (Wildman–Crippen LogP) is 1.63. The van der Waals surface area contributed by atoms with E-state index in [1.807, 2.05) is 9.80 Å². The van der Waals surface area contributed by atoms with Crippen LogP contribution in [0.1, 0.15) is 30.1 Å². The lowest BCUT2D eigenvalue weighted by atomic mass is 10.2. The Morgan fingerprint density at radius 1 is 1.36 bits per heavy atom. The Balaban J connectivity index is 1.65. The van der Waals surface area contributed by atoms with Crippen LogP contribution >= 0.6 is 11.3 Å². The van der Waals surface area contributed by atoms with Gasteiger partial charge in [0.1, 0.15) is 11.3 Å². The second-order valence-corrected chi connectivity index (χ2v) is 6.59. The fourth-order valence-electron chi connectivity index (χ4n) is 2.73. The van der Waals surface area contributed by atoms with Gasteiger partial charge in [-0.3, -0.25) is 14.9 Å². The number of nitrogens with zero attached hydrogens (tertiary/aromatic N) is 5. The number of nitrogens with one attached hydrogen (secondary N) is 1. The summed E-state index contributed by atoms with van der Waals surface area (Å²) in [5.74, 6) is 0.551. The molecule has 1 fully saturated rings. The molecular formula is C16H20N6O2S. The third-order valence-electron chi connectivity index (χ3n) is 3.94. The number of carbonyl (C=O) groups is 2. The van der Waals surface area contributed by atoms with Crippen LogP contribution < -0.4 is 10.2 Å². The van der Waals surface area contributed by atoms with Crippen LogP contribution in [0.2, 0.25) is 0 Å². The van der Waals surface area contributed by atoms with Gasteiger partial charge in [-0.05, 0) is 25.0 Å². The Labute approximate surface area is 149 Å². The second-order valence-electron chi connectivity index (χ2n) is 5.76. The van der Waals surface area contributed by atoms with Gasteiger partial charge in [0.2, 0.25) is 11.0 Å². The van der Waals surface area contributed by atoms with Crippen molar-refractivity contribution in [2.45, 2.75) is 19.8 Å². The van der Waals surface area contributed by atoms with Crippen molar-refractivity contribution in [3.8, 4) is 0 Å². The van der Waals surface area contributed by atoms with E-state index in [-0.39, 0.29) is 11.8 Å². The van der Waals surface area contributed by atoms with Gasteiger partial charge in [-0.2, -0.15) is 0 Å². The molecule has 2 amide bonds. The first-order chi connectivity index (χ1) is 12.2. The van der Waals surface area contributed by atoms with E-state index in [4.69, 9.17) is 0 Å². The summed E-state index contributed by atoms with van der Waals surface area (Å²) in [5, 5.41) is 10.6. The van der Waals surface area contributed by atoms with Crippen molar-refractivity contribution in [3.63, 3.8) is 0 Å². The molecule has 0 radical (unpaired) electrons. The molecular weight excluding hydrogens is 340 g/mol. The molecule has 1 aliphatic rings. The monoisotopic (exact) mass is 360 g/mol. The minimum absolute atomic E-state index is 0.124. The van der Waals surface area contributed by atoms with E-state index in [9.17, 15) is 9.59 Å². The maximum Gasteiger partial charge on any atom is 0.259 e. The SMILES string of the molecule is CCCN1CCCN(c2ccc(C(=O)Nc3nncs3)cn2)CC1=O. The van der Waals surface area contributed by atoms with Crippen LogP contribution in [0.25, 0.3) is 0 Å². The topological polar surface area (TPSA) is 91.3 Å². The van der Waals surface area contributed by atoms with Crippen molar-refractivity contribution in [2.75, 3.05) is 36.4 Å². The summed E-state index contributed by atoms with van der Waals surface area (Å²) in [4.78, 5) is 32.7. The van der Waals surface area contributed by atoms with Gasteiger partial charge in [-0.25, -0.2) is 4.98 Å². The van der Waals surface area contributed by atoms with E-state index < -0.39 is 0 Å². The molecule has 9 heteroatoms. The highest BCUT2D eigenvalue weighted by Crippen LogP contribution is 2.16. The van der Waals surface area contributed by atoms with E-state index in [1.54, 1.807) is 17.6 Å². The highest BCUT2D eigenvalue weighted by atomic mass is 32.1. The number of pyridine rings is 1. The summed E-state index contributed by atoms with van der Waals surface area (Å²) in [6, 6.07) is 3.48. The van der Waals surface area contributed by atoms with E-state index in [2.05, 4.69) is 27.4 Å². The quantitative estimate of drug-likeness (QED) is 0.871. The number of aromatic nitrogens is 3. The third-order valence-corrected chi connectivity index (χ3v) is 4.55. The molecule has 132 valence electrons. The molecule has 0 aliphatic carbocycles. The number of anilines is 2. The summed E-state index contributed by atoms with van der Waals surface area (Å²) in [6.45, 7) is 4.75. The van der Waals surface area contributed by atoms with Crippen LogP contribution in [-0.2, 0) is 4.79 Å². The summed E-state index contributed by atoms with van der Waals surface area (Å²) >= 11 is 1.25. The van der Waals surface area contributed by atoms with Gasteiger partial charge >= 0.3 is 0 Å². The van der Waals surface area contributed by atoms with E-state index >= 15 is 0 Å². The summed E-state index contributed by atoms with van der Waals surface area (Å²) in [6.07, 6.45) is 3.39. The first-order valence-electron chi connectivity index (χ1n) is 8.23. The maximum atomic E-state index is 12.3. The zero-order valence-electron chi connectivity index (χ0n) is 14.0. The standard InChI is InChI=1S/C16H20N6O2S/c1-2-6-21-7-3-8-22(10-14(21)23)13-5-4-12(9-17-13)15(24)19-16-20-18-11-25-16/h4-5,9,11H,2-3,6-8,10H2,1H3,(H,19,20,24). The Kier molecular flexibility index (Phi) is 5.54. The number of rotatable bonds is 5. The number of amides is 2. The largest absolute Gasteiger partial charge is 0.347 e. The van der Waals surface area contributed by atoms with Gasteiger partial charge in [0.25, 0.3) is 5.91 Å². The van der Waals surface area contributed by atoms with Crippen molar-refractivity contribution in [1.82, 2.24) is 20.1 Å². The van der Waals surface area contributed by atoms with Gasteiger partial charge in [-0.15, -0.1) is 10.2 Å². The molecule has 2 aromatic heterocycles. The Morgan fingerprint density at radius 2 is 2.24 bits per heavy atom. The van der Waals surface area contributed by atoms with Crippen molar-refractivity contribution in [3.05, 3.63) is 29.4 Å². The molecule has 3 heterocycles. The molecule has 3 rings (SSSR count). The molecule has 1 saturated heterocycles. The van der Waals surface area contributed by atoms with Gasteiger partial charge in [0.15, 0.2) is 0 Å². The van der Waals surface area contributed by atoms with Gasteiger partial charge in [0.05, 0.1) is 12.1 Å². The summed E-state index contributed by atoms with van der Waals surface area (Å²) < 4.78 is 0. The zero-order chi connectivity index (χ0) is 17.6. The Hall–Kier alpha value is -2.55. The molecule has 25 heavy (non-hydrogen) atoms. The van der Waals surface area contributed by atoms with E-state index in [1.165, 1.54) is 17.5 Å². The van der Waals surface area contributed by atoms with Crippen LogP contribution in [0, 0.1) is 0 Å². The molecule has 0 bridgehead atoms. The average molecular weight is 360 g/mol. The molecule has 0 unspecified atom stereocenters. The minimum Gasteiger partial charge on any atom is -0.347 e. The maximum absolute atomic E-state index is 12.3. The lowest BCUT2D eigenvalue weighted by Gasteiger charge is -2.22. The fraction of sp³-hybridized carbons (Fsp3) is 0.438. The van der Waals surface area contributed by atoms with Crippen LogP contribution in [0.3, 0.4) is 0 Å². The minimum atomic E-state index is -0.281. The zero-order valence-corrected chi connectivity index (χ0v) is 14.8. The third kappa shape index (κ3) is 4.30. The number of carbonyl (C=O) groups excluding carboxylic acids is 2. The fourth-order valence-corrected chi connectivity index (χ4v) is 3.17. The number of hydrogen-bond donors (Lipinski definition) is 1. The molecule has 1 N–H and O–H groups in total. The van der Waals surface area contributed by atoms with Crippen molar-refractivity contribution < 1.29 is 9.59 Å². The Bertz CT molecular complexity index is 719. The van der Waals surface area contributed by atoms with E-state index in [0.29, 0.717) is 23.1 Å². The molecule has 0 spiro atoms. The summed E-state index contributed by atoms with van der Waals surface area (Å²) in [5.41, 5.74) is 1.99. The average Bonchev–Trinajstić information content (AvgIpc) is 3.06. The van der Waals surface area contributed by atoms with Crippen molar-refractivity contribution in [1.29, 1.82) is 0 Å². The molecule has 0 saturated carbocycles. The number of hydrogen-bond acceptors (Lipinski definition) is 7. The van der Waals surface area contributed by atoms with Crippen LogP contribution in [0.15, 0.2) is 23.8 Å². The second kappa shape index (κ2) is 8.02. The van der Waals surface area contributed by atoms with Gasteiger partial charge in [0, 0.05) is 25.8 Å². The molecule has 1 aliphatic heterocycles. The molecule has 2 aromatic rings. The van der Waals surface area contributed by atoms with E-state index in [0.717, 1.165) is 32.5 Å². The Morgan fingerprint density at radius 3 is 2.92 bits per heavy atom. The van der Waals surface area contributed by atoms with Crippen LogP contribution in [0.4, 0.5) is 10.9 Å². The highest BCUT2D eigenvalue weighted by Gasteiger charge is 2.22. The molecule has 0 atom stereocenters. The van der Waals surface area contributed by atoms with Crippen LogP contribution in [-0.4, -0.2) is 58.1 Å². The molecule has 8 nitrogen and oxygen atoms in total. The lowest BCUT2D eigenvalue weighted by molar-refractivity contribution is -0.129. The van der Waals surface area contributed by atoms with Crippen LogP contribution in [0.5, 0.6) is 0 Å². The van der Waals surface area contributed by atoms with Crippen molar-refractivity contribution >= 4 is 34.1 Å². The van der Waals surface area contributed by atoms with Gasteiger partial charge < -0.3 is 9.80 Å². The highest BCUT2D eigenvalue weighted by molar-refractivity contribution is 7.13. The lowest BCUT2D eigenvalue weighted by Crippen LogP contribution is -2.37. The first-order valence-corrected chi connectivity index (χ1v) is 9.11. The first kappa shape index (κ1) is 17.3. The predicted molar refractivity (Wildman–Crippen MR) is 95.8 cm³/mol. The van der Waals surface area contributed by atoms with Gasteiger partial charge in [-0.1, -0.05) is 18.3 Å². The molecule has 0 aromatic carbocycles. The smallest absolute Gasteiger partial charge is 0.259 e. The normalized spacial score (nSPS) is 15.2. The summed E-state index contributed by atoms with van der Waals surface area (Å²) in [7, 11) is 0. The van der Waals surface area contributed by atoms with Crippen molar-refractivity contribution in [2.24, 2.45) is 0 Å².